The van der Waals surface area contributed by atoms with Crippen LogP contribution in [0.2, 0.25) is 0 Å². The number of halogens is 1. The van der Waals surface area contributed by atoms with E-state index in [4.69, 9.17) is 0 Å². The Morgan fingerprint density at radius 3 is 2.77 bits per heavy atom. The lowest BCUT2D eigenvalue weighted by molar-refractivity contribution is 0.775. The first-order chi connectivity index (χ1) is 6.20. The molecular weight excluding hydrogens is 250 g/mol. The molecule has 2 aromatic heterocycles. The predicted octanol–water partition coefficient (Wildman–Crippen LogP) is 2.61. The maximum atomic E-state index is 4.20. The van der Waals surface area contributed by atoms with E-state index in [0.717, 1.165) is 10.3 Å². The van der Waals surface area contributed by atoms with Crippen molar-refractivity contribution in [1.29, 1.82) is 0 Å². The molecule has 0 aliphatic heterocycles. The lowest BCUT2D eigenvalue weighted by Gasteiger charge is -1.97. The van der Waals surface area contributed by atoms with Crippen molar-refractivity contribution in [2.45, 2.75) is 6.92 Å². The molecule has 0 saturated heterocycles. The second-order valence-corrected chi connectivity index (χ2v) is 4.48. The van der Waals surface area contributed by atoms with Gasteiger partial charge in [0.15, 0.2) is 5.82 Å². The van der Waals surface area contributed by atoms with Crippen LogP contribution in [0.5, 0.6) is 0 Å². The first-order valence-electron chi connectivity index (χ1n) is 3.78. The molecule has 0 aliphatic rings. The van der Waals surface area contributed by atoms with Crippen LogP contribution < -0.4 is 0 Å². The Morgan fingerprint density at radius 2 is 2.31 bits per heavy atom. The van der Waals surface area contributed by atoms with Gasteiger partial charge in [-0.2, -0.15) is 5.10 Å². The quantitative estimate of drug-likeness (QED) is 0.787. The summed E-state index contributed by atoms with van der Waals surface area (Å²) in [6.07, 6.45) is 1.57. The van der Waals surface area contributed by atoms with Gasteiger partial charge in [0.25, 0.3) is 0 Å². The topological polar surface area (TPSA) is 30.7 Å². The van der Waals surface area contributed by atoms with Gasteiger partial charge in [-0.3, -0.25) is 0 Å². The molecule has 2 aromatic rings. The lowest BCUT2D eigenvalue weighted by Crippen LogP contribution is -1.93. The lowest BCUT2D eigenvalue weighted by atomic mass is 10.3. The first-order valence-corrected chi connectivity index (χ1v) is 5.45. The Hall–Kier alpha value is -0.680. The summed E-state index contributed by atoms with van der Waals surface area (Å²) in [6, 6.07) is 0. The van der Waals surface area contributed by atoms with Crippen molar-refractivity contribution in [3.05, 3.63) is 21.7 Å². The van der Waals surface area contributed by atoms with Crippen LogP contribution in [-0.4, -0.2) is 14.8 Å². The highest BCUT2D eigenvalue weighted by Crippen LogP contribution is 2.33. The fourth-order valence-corrected chi connectivity index (χ4v) is 2.70. The van der Waals surface area contributed by atoms with Crippen molar-refractivity contribution in [2.75, 3.05) is 0 Å². The summed E-state index contributed by atoms with van der Waals surface area (Å²) in [7, 11) is 1.90. The fourth-order valence-electron chi connectivity index (χ4n) is 1.12. The van der Waals surface area contributed by atoms with Gasteiger partial charge < -0.3 is 0 Å². The number of aryl methyl sites for hydroxylation is 1. The van der Waals surface area contributed by atoms with E-state index in [0.29, 0.717) is 0 Å². The molecule has 68 valence electrons. The summed E-state index contributed by atoms with van der Waals surface area (Å²) < 4.78 is 2.92. The minimum atomic E-state index is 0.924. The van der Waals surface area contributed by atoms with Gasteiger partial charge in [0.1, 0.15) is 6.33 Å². The Kier molecular flexibility index (Phi) is 2.21. The normalized spacial score (nSPS) is 10.7. The average molecular weight is 258 g/mol. The van der Waals surface area contributed by atoms with Gasteiger partial charge in [-0.15, -0.1) is 11.3 Å². The Bertz CT molecular complexity index is 432. The van der Waals surface area contributed by atoms with Crippen molar-refractivity contribution in [2.24, 2.45) is 7.05 Å². The molecular formula is C8H8BrN3S. The van der Waals surface area contributed by atoms with Gasteiger partial charge in [-0.25, -0.2) is 9.67 Å². The Morgan fingerprint density at radius 1 is 1.54 bits per heavy atom. The van der Waals surface area contributed by atoms with E-state index < -0.39 is 0 Å². The van der Waals surface area contributed by atoms with Crippen LogP contribution in [0.25, 0.3) is 10.7 Å². The molecule has 3 nitrogen and oxygen atoms in total. The zero-order chi connectivity index (χ0) is 9.42. The van der Waals surface area contributed by atoms with Crippen molar-refractivity contribution in [1.82, 2.24) is 14.8 Å². The number of rotatable bonds is 1. The second-order valence-electron chi connectivity index (χ2n) is 2.75. The molecule has 0 amide bonds. The summed E-state index contributed by atoms with van der Waals surface area (Å²) in [6.45, 7) is 2.07. The first kappa shape index (κ1) is 8.90. The van der Waals surface area contributed by atoms with Gasteiger partial charge in [0.2, 0.25) is 0 Å². The molecule has 2 rings (SSSR count). The third-order valence-electron chi connectivity index (χ3n) is 1.89. The van der Waals surface area contributed by atoms with E-state index >= 15 is 0 Å². The van der Waals surface area contributed by atoms with Crippen LogP contribution in [0.4, 0.5) is 0 Å². The monoisotopic (exact) mass is 257 g/mol. The van der Waals surface area contributed by atoms with Gasteiger partial charge in [-0.05, 0) is 28.4 Å². The van der Waals surface area contributed by atoms with E-state index in [2.05, 4.69) is 38.3 Å². The summed E-state index contributed by atoms with van der Waals surface area (Å²) in [5.74, 6) is 0.924. The molecule has 0 spiro atoms. The van der Waals surface area contributed by atoms with Gasteiger partial charge in [0.05, 0.1) is 4.88 Å². The number of aromatic nitrogens is 3. The largest absolute Gasteiger partial charge is 0.248 e. The highest BCUT2D eigenvalue weighted by molar-refractivity contribution is 9.10. The van der Waals surface area contributed by atoms with Crippen molar-refractivity contribution >= 4 is 27.3 Å². The van der Waals surface area contributed by atoms with Crippen LogP contribution >= 0.6 is 27.3 Å². The zero-order valence-electron chi connectivity index (χ0n) is 7.28. The molecule has 13 heavy (non-hydrogen) atoms. The number of hydrogen-bond acceptors (Lipinski definition) is 3. The highest BCUT2D eigenvalue weighted by Gasteiger charge is 2.11. The molecule has 0 aliphatic carbocycles. The highest BCUT2D eigenvalue weighted by atomic mass is 79.9. The van der Waals surface area contributed by atoms with Gasteiger partial charge in [-0.1, -0.05) is 0 Å². The predicted molar refractivity (Wildman–Crippen MR) is 56.8 cm³/mol. The van der Waals surface area contributed by atoms with Crippen LogP contribution in [-0.2, 0) is 7.05 Å². The van der Waals surface area contributed by atoms with Crippen molar-refractivity contribution < 1.29 is 0 Å². The maximum absolute atomic E-state index is 4.20. The number of thiophene rings is 1. The number of hydrogen-bond donors (Lipinski definition) is 0. The Labute approximate surface area is 88.6 Å². The molecule has 0 saturated carbocycles. The fraction of sp³-hybridized carbons (Fsp3) is 0.250. The summed E-state index contributed by atoms with van der Waals surface area (Å²) >= 11 is 5.16. The van der Waals surface area contributed by atoms with Gasteiger partial charge >= 0.3 is 0 Å². The Balaban J connectivity index is 2.59. The van der Waals surface area contributed by atoms with Crippen LogP contribution in [0.1, 0.15) is 5.56 Å². The average Bonchev–Trinajstić information content (AvgIpc) is 2.62. The van der Waals surface area contributed by atoms with Crippen molar-refractivity contribution in [3.8, 4) is 10.7 Å². The molecule has 5 heteroatoms. The maximum Gasteiger partial charge on any atom is 0.168 e. The summed E-state index contributed by atoms with van der Waals surface area (Å²) in [4.78, 5) is 5.37. The van der Waals surface area contributed by atoms with E-state index in [1.165, 1.54) is 10.4 Å². The minimum Gasteiger partial charge on any atom is -0.248 e. The molecule has 0 radical (unpaired) electrons. The summed E-state index contributed by atoms with van der Waals surface area (Å²) in [5, 5.41) is 6.11. The van der Waals surface area contributed by atoms with Crippen LogP contribution in [0.3, 0.4) is 0 Å². The molecule has 0 atom stereocenters. The second kappa shape index (κ2) is 3.23. The van der Waals surface area contributed by atoms with Crippen molar-refractivity contribution in [3.63, 3.8) is 0 Å². The molecule has 0 aromatic carbocycles. The smallest absolute Gasteiger partial charge is 0.168 e. The standard InChI is InChI=1S/C8H8BrN3S/c1-5-6(9)3-13-7(5)8-10-4-11-12(8)2/h3-4H,1-2H3. The molecule has 0 fully saturated rings. The SMILES string of the molecule is Cc1c(Br)csc1-c1ncnn1C. The zero-order valence-corrected chi connectivity index (χ0v) is 9.69. The van der Waals surface area contributed by atoms with E-state index in [-0.39, 0.29) is 0 Å². The van der Waals surface area contributed by atoms with Crippen LogP contribution in [0, 0.1) is 6.92 Å². The third kappa shape index (κ3) is 1.42. The summed E-state index contributed by atoms with van der Waals surface area (Å²) in [5.41, 5.74) is 1.22. The molecule has 0 N–H and O–H groups in total. The van der Waals surface area contributed by atoms with E-state index in [1.54, 1.807) is 22.3 Å². The van der Waals surface area contributed by atoms with E-state index in [9.17, 15) is 0 Å². The third-order valence-corrected chi connectivity index (χ3v) is 4.10. The molecule has 2 heterocycles. The van der Waals surface area contributed by atoms with Crippen LogP contribution in [0.15, 0.2) is 16.2 Å². The van der Waals surface area contributed by atoms with Gasteiger partial charge in [0, 0.05) is 16.9 Å². The molecule has 0 unspecified atom stereocenters. The minimum absolute atomic E-state index is 0.924. The van der Waals surface area contributed by atoms with E-state index in [1.807, 2.05) is 7.05 Å². The molecule has 0 bridgehead atoms. The number of nitrogens with zero attached hydrogens (tertiary/aromatic N) is 3.